The van der Waals surface area contributed by atoms with E-state index in [0.717, 1.165) is 50.9 Å². The number of hydrogen-bond donors (Lipinski definition) is 1. The number of nitrogens with one attached hydrogen (secondary N) is 1. The molecule has 1 unspecified atom stereocenters. The van der Waals surface area contributed by atoms with E-state index < -0.39 is 0 Å². The first-order chi connectivity index (χ1) is 12.3. The highest BCUT2D eigenvalue weighted by Crippen LogP contribution is 2.18. The Kier molecular flexibility index (Phi) is 8.86. The van der Waals surface area contributed by atoms with E-state index in [0.29, 0.717) is 25.1 Å². The third-order valence-electron chi connectivity index (χ3n) is 4.80. The van der Waals surface area contributed by atoms with E-state index in [-0.39, 0.29) is 24.0 Å². The van der Waals surface area contributed by atoms with Gasteiger partial charge < -0.3 is 19.7 Å². The van der Waals surface area contributed by atoms with Gasteiger partial charge >= 0.3 is 0 Å². The number of guanidine groups is 1. The van der Waals surface area contributed by atoms with Crippen LogP contribution in [0.5, 0.6) is 5.88 Å². The van der Waals surface area contributed by atoms with Gasteiger partial charge in [0.2, 0.25) is 5.88 Å². The average molecular weight is 475 g/mol. The number of hydrogen-bond acceptors (Lipinski definition) is 5. The lowest BCUT2D eigenvalue weighted by Gasteiger charge is -2.32. The highest BCUT2D eigenvalue weighted by molar-refractivity contribution is 14.0. The third-order valence-corrected chi connectivity index (χ3v) is 4.80. The van der Waals surface area contributed by atoms with Gasteiger partial charge in [0.15, 0.2) is 5.96 Å². The first-order valence-corrected chi connectivity index (χ1v) is 9.16. The molecule has 0 aromatic carbocycles. The number of likely N-dealkylation sites (tertiary alicyclic amines) is 1. The lowest BCUT2D eigenvalue weighted by atomic mass is 10.2. The normalized spacial score (nSPS) is 21.4. The van der Waals surface area contributed by atoms with Gasteiger partial charge in [-0.1, -0.05) is 6.07 Å². The summed E-state index contributed by atoms with van der Waals surface area (Å²) in [7, 11) is 1.84. The van der Waals surface area contributed by atoms with Crippen LogP contribution in [0.25, 0.3) is 0 Å². The molecule has 2 fully saturated rings. The summed E-state index contributed by atoms with van der Waals surface area (Å²) in [5.41, 5.74) is 1.05. The Hall–Kier alpha value is -1.13. The maximum atomic E-state index is 5.60. The van der Waals surface area contributed by atoms with Gasteiger partial charge in [-0.05, 0) is 19.4 Å². The number of ether oxygens (including phenoxy) is 2. The molecule has 0 amide bonds. The quantitative estimate of drug-likeness (QED) is 0.397. The standard InChI is InChI=1S/C18H29N5O2.HI/c1-3-25-17-15(5-4-7-20-17)13-21-18(19-2)23-8-6-16(14-23)22-9-11-24-12-10-22;/h4-5,7,16H,3,6,8-14H2,1-2H3,(H,19,21);1H. The smallest absolute Gasteiger partial charge is 0.218 e. The molecule has 1 N–H and O–H groups in total. The fraction of sp³-hybridized carbons (Fsp3) is 0.667. The van der Waals surface area contributed by atoms with Gasteiger partial charge in [0, 0.05) is 57.6 Å². The topological polar surface area (TPSA) is 62.2 Å². The number of halogens is 1. The van der Waals surface area contributed by atoms with Crippen molar-refractivity contribution in [1.82, 2.24) is 20.1 Å². The van der Waals surface area contributed by atoms with E-state index in [4.69, 9.17) is 9.47 Å². The number of aromatic nitrogens is 1. The molecule has 0 saturated carbocycles. The van der Waals surface area contributed by atoms with E-state index in [1.54, 1.807) is 6.20 Å². The van der Waals surface area contributed by atoms with Crippen LogP contribution < -0.4 is 10.1 Å². The molecule has 3 heterocycles. The molecule has 1 atom stereocenters. The maximum absolute atomic E-state index is 5.60. The second kappa shape index (κ2) is 10.9. The summed E-state index contributed by atoms with van der Waals surface area (Å²) in [5, 5.41) is 3.46. The summed E-state index contributed by atoms with van der Waals surface area (Å²) in [4.78, 5) is 13.7. The summed E-state index contributed by atoms with van der Waals surface area (Å²) < 4.78 is 11.1. The van der Waals surface area contributed by atoms with Gasteiger partial charge in [-0.3, -0.25) is 9.89 Å². The Labute approximate surface area is 173 Å². The van der Waals surface area contributed by atoms with E-state index in [1.807, 2.05) is 26.1 Å². The minimum atomic E-state index is 0. The molecular weight excluding hydrogens is 445 g/mol. The van der Waals surface area contributed by atoms with Crippen LogP contribution in [0.4, 0.5) is 0 Å². The fourth-order valence-corrected chi connectivity index (χ4v) is 3.51. The van der Waals surface area contributed by atoms with Gasteiger partial charge in [-0.2, -0.15) is 0 Å². The fourth-order valence-electron chi connectivity index (χ4n) is 3.51. The monoisotopic (exact) mass is 475 g/mol. The summed E-state index contributed by atoms with van der Waals surface area (Å²) in [5.74, 6) is 1.64. The lowest BCUT2D eigenvalue weighted by Crippen LogP contribution is -2.46. The Bertz CT molecular complexity index is 580. The second-order valence-corrected chi connectivity index (χ2v) is 6.34. The van der Waals surface area contributed by atoms with Crippen molar-refractivity contribution in [3.63, 3.8) is 0 Å². The zero-order chi connectivity index (χ0) is 17.5. The van der Waals surface area contributed by atoms with Gasteiger partial charge in [0.25, 0.3) is 0 Å². The van der Waals surface area contributed by atoms with Gasteiger partial charge in [-0.15, -0.1) is 24.0 Å². The van der Waals surface area contributed by atoms with Crippen LogP contribution in [-0.2, 0) is 11.3 Å². The molecule has 1 aromatic heterocycles. The Morgan fingerprint density at radius 2 is 2.19 bits per heavy atom. The largest absolute Gasteiger partial charge is 0.478 e. The molecule has 8 heteroatoms. The van der Waals surface area contributed by atoms with Gasteiger partial charge in [-0.25, -0.2) is 4.98 Å². The minimum absolute atomic E-state index is 0. The number of pyridine rings is 1. The predicted octanol–water partition coefficient (Wildman–Crippen LogP) is 1.58. The molecule has 146 valence electrons. The zero-order valence-electron chi connectivity index (χ0n) is 15.7. The summed E-state index contributed by atoms with van der Waals surface area (Å²) in [6.45, 7) is 9.09. The van der Waals surface area contributed by atoms with Crippen LogP contribution in [0.2, 0.25) is 0 Å². The Morgan fingerprint density at radius 3 is 2.92 bits per heavy atom. The van der Waals surface area contributed by atoms with Crippen LogP contribution in [0.15, 0.2) is 23.3 Å². The molecule has 0 aliphatic carbocycles. The molecule has 0 radical (unpaired) electrons. The van der Waals surface area contributed by atoms with Crippen LogP contribution in [0.3, 0.4) is 0 Å². The molecule has 26 heavy (non-hydrogen) atoms. The van der Waals surface area contributed by atoms with Crippen molar-refractivity contribution in [2.75, 3.05) is 53.0 Å². The number of nitrogens with zero attached hydrogens (tertiary/aromatic N) is 4. The number of morpholine rings is 1. The van der Waals surface area contributed by atoms with Crippen molar-refractivity contribution in [3.05, 3.63) is 23.9 Å². The summed E-state index contributed by atoms with van der Waals surface area (Å²) in [6, 6.07) is 4.57. The van der Waals surface area contributed by atoms with Crippen molar-refractivity contribution in [2.45, 2.75) is 25.9 Å². The van der Waals surface area contributed by atoms with E-state index in [2.05, 4.69) is 25.1 Å². The van der Waals surface area contributed by atoms with Crippen LogP contribution >= 0.6 is 24.0 Å². The molecule has 7 nitrogen and oxygen atoms in total. The van der Waals surface area contributed by atoms with Crippen molar-refractivity contribution in [2.24, 2.45) is 4.99 Å². The van der Waals surface area contributed by atoms with E-state index in [9.17, 15) is 0 Å². The Morgan fingerprint density at radius 1 is 1.38 bits per heavy atom. The average Bonchev–Trinajstić information content (AvgIpc) is 3.14. The molecule has 2 aliphatic rings. The predicted molar refractivity (Wildman–Crippen MR) is 113 cm³/mol. The van der Waals surface area contributed by atoms with E-state index >= 15 is 0 Å². The molecule has 2 saturated heterocycles. The SMILES string of the molecule is CCOc1ncccc1CNC(=NC)N1CCC(N2CCOCC2)C1.I. The highest BCUT2D eigenvalue weighted by Gasteiger charge is 2.30. The van der Waals surface area contributed by atoms with Crippen molar-refractivity contribution >= 4 is 29.9 Å². The second-order valence-electron chi connectivity index (χ2n) is 6.34. The molecule has 0 bridgehead atoms. The molecule has 3 rings (SSSR count). The zero-order valence-corrected chi connectivity index (χ0v) is 18.0. The van der Waals surface area contributed by atoms with E-state index in [1.165, 1.54) is 6.42 Å². The van der Waals surface area contributed by atoms with Gasteiger partial charge in [0.05, 0.1) is 19.8 Å². The number of rotatable bonds is 5. The maximum Gasteiger partial charge on any atom is 0.218 e. The first kappa shape index (κ1) is 21.2. The first-order valence-electron chi connectivity index (χ1n) is 9.16. The summed E-state index contributed by atoms with van der Waals surface area (Å²) >= 11 is 0. The highest BCUT2D eigenvalue weighted by atomic mass is 127. The lowest BCUT2D eigenvalue weighted by molar-refractivity contribution is 0.0195. The van der Waals surface area contributed by atoms with Crippen LogP contribution in [-0.4, -0.2) is 79.8 Å². The van der Waals surface area contributed by atoms with Crippen molar-refractivity contribution in [3.8, 4) is 5.88 Å². The van der Waals surface area contributed by atoms with Crippen molar-refractivity contribution < 1.29 is 9.47 Å². The van der Waals surface area contributed by atoms with Gasteiger partial charge in [0.1, 0.15) is 0 Å². The summed E-state index contributed by atoms with van der Waals surface area (Å²) in [6.07, 6.45) is 2.94. The van der Waals surface area contributed by atoms with Crippen LogP contribution in [0, 0.1) is 0 Å². The molecule has 0 spiro atoms. The van der Waals surface area contributed by atoms with Crippen LogP contribution in [0.1, 0.15) is 18.9 Å². The number of aliphatic imine (C=N–C) groups is 1. The molecule has 2 aliphatic heterocycles. The third kappa shape index (κ3) is 5.43. The Balaban J connectivity index is 0.00000243. The molecular formula is C18H30IN5O2. The minimum Gasteiger partial charge on any atom is -0.478 e. The van der Waals surface area contributed by atoms with Crippen molar-refractivity contribution in [1.29, 1.82) is 0 Å². The molecule has 1 aromatic rings.